The van der Waals surface area contributed by atoms with Crippen molar-refractivity contribution in [3.63, 3.8) is 0 Å². The fourth-order valence-electron chi connectivity index (χ4n) is 3.63. The van der Waals surface area contributed by atoms with Crippen molar-refractivity contribution < 1.29 is 14.0 Å². The van der Waals surface area contributed by atoms with Gasteiger partial charge in [0.15, 0.2) is 0 Å². The summed E-state index contributed by atoms with van der Waals surface area (Å²) in [5.74, 6) is -0.613. The minimum atomic E-state index is -0.371. The average Bonchev–Trinajstić information content (AvgIpc) is 2.72. The normalized spacial score (nSPS) is 15.8. The van der Waals surface area contributed by atoms with Crippen LogP contribution in [0, 0.1) is 11.7 Å². The number of carbonyl (C=O) groups excluding carboxylic acids is 2. The maximum Gasteiger partial charge on any atom is 0.253 e. The molecule has 0 radical (unpaired) electrons. The maximum absolute atomic E-state index is 13.1. The van der Waals surface area contributed by atoms with Gasteiger partial charge in [0.25, 0.3) is 5.91 Å². The van der Waals surface area contributed by atoms with Crippen molar-refractivity contribution >= 4 is 35.0 Å². The van der Waals surface area contributed by atoms with Crippen LogP contribution in [0.5, 0.6) is 0 Å². The molecule has 1 unspecified atom stereocenters. The standard InChI is InChI=1S/C22H23Cl2FN2O2/c1-14(19-8-5-17(23)13-20(19)24)26(2)21(28)16-9-11-27(12-10-16)22(29)15-3-6-18(25)7-4-15/h3-8,13-14,16H,9-12H2,1-2H3. The molecule has 0 saturated carbocycles. The van der Waals surface area contributed by atoms with E-state index in [0.717, 1.165) is 5.56 Å². The first-order chi connectivity index (χ1) is 13.8. The van der Waals surface area contributed by atoms with Gasteiger partial charge in [0.1, 0.15) is 5.82 Å². The molecule has 3 rings (SSSR count). The molecule has 0 aliphatic carbocycles. The Labute approximate surface area is 180 Å². The van der Waals surface area contributed by atoms with E-state index < -0.39 is 0 Å². The van der Waals surface area contributed by atoms with E-state index in [-0.39, 0.29) is 29.6 Å². The SMILES string of the molecule is CC(c1ccc(Cl)cc1Cl)N(C)C(=O)C1CCN(C(=O)c2ccc(F)cc2)CC1. The van der Waals surface area contributed by atoms with E-state index in [0.29, 0.717) is 41.5 Å². The van der Waals surface area contributed by atoms with Crippen LogP contribution in [0.25, 0.3) is 0 Å². The quantitative estimate of drug-likeness (QED) is 0.660. The lowest BCUT2D eigenvalue weighted by Crippen LogP contribution is -2.44. The number of carbonyl (C=O) groups is 2. The Morgan fingerprint density at radius 3 is 2.31 bits per heavy atom. The van der Waals surface area contributed by atoms with Crippen LogP contribution in [-0.4, -0.2) is 41.8 Å². The molecular formula is C22H23Cl2FN2O2. The second-order valence-electron chi connectivity index (χ2n) is 7.36. The Hall–Kier alpha value is -2.11. The Bertz CT molecular complexity index is 896. The van der Waals surface area contributed by atoms with Crippen LogP contribution in [0.1, 0.15) is 41.7 Å². The van der Waals surface area contributed by atoms with Gasteiger partial charge in [0.2, 0.25) is 5.91 Å². The number of nitrogens with zero attached hydrogens (tertiary/aromatic N) is 2. The summed E-state index contributed by atoms with van der Waals surface area (Å²) in [6, 6.07) is 10.6. The topological polar surface area (TPSA) is 40.6 Å². The summed E-state index contributed by atoms with van der Waals surface area (Å²) in [7, 11) is 1.77. The van der Waals surface area contributed by atoms with Gasteiger partial charge in [-0.15, -0.1) is 0 Å². The molecule has 0 N–H and O–H groups in total. The van der Waals surface area contributed by atoms with Crippen LogP contribution in [0.15, 0.2) is 42.5 Å². The predicted molar refractivity (Wildman–Crippen MR) is 113 cm³/mol. The third-order valence-corrected chi connectivity index (χ3v) is 6.13. The summed E-state index contributed by atoms with van der Waals surface area (Å²) in [5, 5.41) is 1.09. The number of benzene rings is 2. The smallest absolute Gasteiger partial charge is 0.253 e. The molecule has 0 aromatic heterocycles. The first kappa shape index (κ1) is 21.6. The van der Waals surface area contributed by atoms with Crippen molar-refractivity contribution in [1.82, 2.24) is 9.80 Å². The number of hydrogen-bond acceptors (Lipinski definition) is 2. The average molecular weight is 437 g/mol. The lowest BCUT2D eigenvalue weighted by molar-refractivity contribution is -0.137. The maximum atomic E-state index is 13.1. The third-order valence-electron chi connectivity index (χ3n) is 5.56. The molecule has 4 nitrogen and oxygen atoms in total. The van der Waals surface area contributed by atoms with Crippen molar-refractivity contribution in [2.45, 2.75) is 25.8 Å². The third kappa shape index (κ3) is 4.90. The second kappa shape index (κ2) is 9.14. The summed E-state index contributed by atoms with van der Waals surface area (Å²) in [5.41, 5.74) is 1.30. The molecule has 1 fully saturated rings. The van der Waals surface area contributed by atoms with Crippen LogP contribution in [0.3, 0.4) is 0 Å². The zero-order chi connectivity index (χ0) is 21.1. The van der Waals surface area contributed by atoms with E-state index in [9.17, 15) is 14.0 Å². The number of piperidine rings is 1. The van der Waals surface area contributed by atoms with Gasteiger partial charge in [0.05, 0.1) is 6.04 Å². The van der Waals surface area contributed by atoms with Crippen molar-refractivity contribution in [3.05, 3.63) is 69.5 Å². The number of likely N-dealkylation sites (tertiary alicyclic amines) is 1. The van der Waals surface area contributed by atoms with Crippen molar-refractivity contribution in [2.75, 3.05) is 20.1 Å². The lowest BCUT2D eigenvalue weighted by atomic mass is 9.94. The summed E-state index contributed by atoms with van der Waals surface area (Å²) in [6.07, 6.45) is 1.19. The molecule has 2 amide bonds. The van der Waals surface area contributed by atoms with Gasteiger partial charge in [0, 0.05) is 41.7 Å². The van der Waals surface area contributed by atoms with Gasteiger partial charge in [-0.1, -0.05) is 29.3 Å². The Morgan fingerprint density at radius 2 is 1.72 bits per heavy atom. The number of rotatable bonds is 4. The zero-order valence-electron chi connectivity index (χ0n) is 16.4. The summed E-state index contributed by atoms with van der Waals surface area (Å²) < 4.78 is 13.1. The fourth-order valence-corrected chi connectivity index (χ4v) is 4.20. The Balaban J connectivity index is 1.60. The van der Waals surface area contributed by atoms with Gasteiger partial charge >= 0.3 is 0 Å². The molecule has 7 heteroatoms. The Kier molecular flexibility index (Phi) is 6.81. The molecule has 29 heavy (non-hydrogen) atoms. The van der Waals surface area contributed by atoms with Crippen molar-refractivity contribution in [3.8, 4) is 0 Å². The summed E-state index contributed by atoms with van der Waals surface area (Å²) in [4.78, 5) is 29.0. The van der Waals surface area contributed by atoms with E-state index in [1.54, 1.807) is 29.0 Å². The van der Waals surface area contributed by atoms with Crippen LogP contribution in [0.4, 0.5) is 4.39 Å². The van der Waals surface area contributed by atoms with Gasteiger partial charge in [-0.05, 0) is 61.7 Å². The van der Waals surface area contributed by atoms with E-state index in [2.05, 4.69) is 0 Å². The van der Waals surface area contributed by atoms with E-state index in [4.69, 9.17) is 23.2 Å². The monoisotopic (exact) mass is 436 g/mol. The summed E-state index contributed by atoms with van der Waals surface area (Å²) in [6.45, 7) is 2.92. The molecule has 1 aliphatic heterocycles. The molecule has 0 bridgehead atoms. The van der Waals surface area contributed by atoms with Crippen molar-refractivity contribution in [2.24, 2.45) is 5.92 Å². The van der Waals surface area contributed by atoms with E-state index >= 15 is 0 Å². The van der Waals surface area contributed by atoms with E-state index in [1.165, 1.54) is 24.3 Å². The van der Waals surface area contributed by atoms with Gasteiger partial charge in [-0.25, -0.2) is 4.39 Å². The van der Waals surface area contributed by atoms with Crippen LogP contribution < -0.4 is 0 Å². The molecule has 1 heterocycles. The molecule has 154 valence electrons. The molecule has 1 atom stereocenters. The van der Waals surface area contributed by atoms with E-state index in [1.807, 2.05) is 13.0 Å². The minimum absolute atomic E-state index is 0.0393. The van der Waals surface area contributed by atoms with Gasteiger partial charge in [-0.3, -0.25) is 9.59 Å². The first-order valence-electron chi connectivity index (χ1n) is 9.54. The largest absolute Gasteiger partial charge is 0.339 e. The molecule has 2 aromatic carbocycles. The molecule has 1 aliphatic rings. The van der Waals surface area contributed by atoms with Gasteiger partial charge < -0.3 is 9.80 Å². The Morgan fingerprint density at radius 1 is 1.10 bits per heavy atom. The fraction of sp³-hybridized carbons (Fsp3) is 0.364. The summed E-state index contributed by atoms with van der Waals surface area (Å²) >= 11 is 12.3. The van der Waals surface area contributed by atoms with Crippen molar-refractivity contribution in [1.29, 1.82) is 0 Å². The predicted octanol–water partition coefficient (Wildman–Crippen LogP) is 5.20. The number of halogens is 3. The highest BCUT2D eigenvalue weighted by molar-refractivity contribution is 6.35. The first-order valence-corrected chi connectivity index (χ1v) is 10.3. The van der Waals surface area contributed by atoms with Gasteiger partial charge in [-0.2, -0.15) is 0 Å². The van der Waals surface area contributed by atoms with Crippen LogP contribution in [-0.2, 0) is 4.79 Å². The number of hydrogen-bond donors (Lipinski definition) is 0. The van der Waals surface area contributed by atoms with Crippen LogP contribution >= 0.6 is 23.2 Å². The molecule has 2 aromatic rings. The second-order valence-corrected chi connectivity index (χ2v) is 8.21. The minimum Gasteiger partial charge on any atom is -0.339 e. The molecule has 1 saturated heterocycles. The molecular weight excluding hydrogens is 414 g/mol. The number of amides is 2. The zero-order valence-corrected chi connectivity index (χ0v) is 17.9. The highest BCUT2D eigenvalue weighted by Crippen LogP contribution is 2.31. The molecule has 0 spiro atoms. The highest BCUT2D eigenvalue weighted by atomic mass is 35.5. The lowest BCUT2D eigenvalue weighted by Gasteiger charge is -2.35. The highest BCUT2D eigenvalue weighted by Gasteiger charge is 2.31. The van der Waals surface area contributed by atoms with Crippen LogP contribution in [0.2, 0.25) is 10.0 Å².